The summed E-state index contributed by atoms with van der Waals surface area (Å²) in [5.41, 5.74) is 1.52. The van der Waals surface area contributed by atoms with Crippen molar-refractivity contribution in [3.8, 4) is 5.75 Å². The fourth-order valence-corrected chi connectivity index (χ4v) is 3.78. The molecular weight excluding hydrogens is 378 g/mol. The van der Waals surface area contributed by atoms with E-state index in [9.17, 15) is 13.2 Å². The fourth-order valence-electron chi connectivity index (χ4n) is 3.24. The number of amides is 1. The van der Waals surface area contributed by atoms with Crippen LogP contribution in [0.4, 0.5) is 0 Å². The first-order valence-electron chi connectivity index (χ1n) is 9.26. The number of carbonyl (C=O) groups is 1. The van der Waals surface area contributed by atoms with E-state index in [1.54, 1.807) is 35.5 Å². The number of hydrogen-bond acceptors (Lipinski definition) is 5. The van der Waals surface area contributed by atoms with Crippen LogP contribution in [-0.4, -0.2) is 50.1 Å². The van der Waals surface area contributed by atoms with Gasteiger partial charge in [0.1, 0.15) is 12.4 Å². The van der Waals surface area contributed by atoms with Gasteiger partial charge in [-0.2, -0.15) is 0 Å². The lowest BCUT2D eigenvalue weighted by Crippen LogP contribution is -2.43. The number of aromatic nitrogens is 1. The van der Waals surface area contributed by atoms with Crippen molar-refractivity contribution < 1.29 is 17.9 Å². The highest BCUT2D eigenvalue weighted by atomic mass is 32.2. The molecule has 1 saturated heterocycles. The number of ether oxygens (including phenoxy) is 1. The van der Waals surface area contributed by atoms with E-state index >= 15 is 0 Å². The molecule has 0 saturated carbocycles. The van der Waals surface area contributed by atoms with Gasteiger partial charge >= 0.3 is 0 Å². The quantitative estimate of drug-likeness (QED) is 0.764. The van der Waals surface area contributed by atoms with E-state index in [1.807, 2.05) is 18.2 Å². The molecule has 0 aliphatic carbocycles. The van der Waals surface area contributed by atoms with Crippen LogP contribution in [0.3, 0.4) is 0 Å². The standard InChI is InChI=1S/C20H25N3O4S/c1-28(25,26)22-13-16-6-4-10-23(14-16)20(24)18-7-2-8-19(11-18)27-15-17-5-3-9-21-12-17/h2-3,5,7-9,11-12,16,22H,4,6,10,13-15H2,1H3. The van der Waals surface area contributed by atoms with Crippen molar-refractivity contribution in [2.45, 2.75) is 19.4 Å². The van der Waals surface area contributed by atoms with Crippen LogP contribution in [-0.2, 0) is 16.6 Å². The zero-order valence-corrected chi connectivity index (χ0v) is 16.7. The number of hydrogen-bond donors (Lipinski definition) is 1. The van der Waals surface area contributed by atoms with E-state index in [0.717, 1.165) is 24.7 Å². The molecule has 1 N–H and O–H groups in total. The first-order valence-corrected chi connectivity index (χ1v) is 11.2. The molecule has 1 atom stereocenters. The summed E-state index contributed by atoms with van der Waals surface area (Å²) in [6.45, 7) is 1.96. The molecule has 0 radical (unpaired) electrons. The average Bonchev–Trinajstić information content (AvgIpc) is 2.71. The van der Waals surface area contributed by atoms with Crippen LogP contribution < -0.4 is 9.46 Å². The van der Waals surface area contributed by atoms with Gasteiger partial charge in [-0.3, -0.25) is 9.78 Å². The molecule has 1 aliphatic heterocycles. The minimum atomic E-state index is -3.22. The molecule has 150 valence electrons. The van der Waals surface area contributed by atoms with Gasteiger partial charge in [-0.25, -0.2) is 13.1 Å². The third-order valence-corrected chi connectivity index (χ3v) is 5.34. The normalized spacial score (nSPS) is 17.3. The first-order chi connectivity index (χ1) is 13.4. The van der Waals surface area contributed by atoms with Crippen LogP contribution >= 0.6 is 0 Å². The van der Waals surface area contributed by atoms with Crippen molar-refractivity contribution >= 4 is 15.9 Å². The molecule has 1 fully saturated rings. The molecule has 1 amide bonds. The minimum absolute atomic E-state index is 0.0594. The highest BCUT2D eigenvalue weighted by Crippen LogP contribution is 2.21. The summed E-state index contributed by atoms with van der Waals surface area (Å²) in [5, 5.41) is 0. The second-order valence-corrected chi connectivity index (χ2v) is 8.89. The highest BCUT2D eigenvalue weighted by Gasteiger charge is 2.25. The minimum Gasteiger partial charge on any atom is -0.489 e. The number of nitrogens with one attached hydrogen (secondary N) is 1. The van der Waals surface area contributed by atoms with Gasteiger partial charge in [0.05, 0.1) is 6.26 Å². The third-order valence-electron chi connectivity index (χ3n) is 4.65. The number of carbonyl (C=O) groups excluding carboxylic acids is 1. The summed E-state index contributed by atoms with van der Waals surface area (Å²) in [5.74, 6) is 0.690. The molecule has 0 bridgehead atoms. The van der Waals surface area contributed by atoms with Gasteiger partial charge in [-0.05, 0) is 43.0 Å². The zero-order valence-electron chi connectivity index (χ0n) is 15.9. The summed E-state index contributed by atoms with van der Waals surface area (Å²) < 4.78 is 30.9. The fraction of sp³-hybridized carbons (Fsp3) is 0.400. The second kappa shape index (κ2) is 9.16. The predicted octanol–water partition coefficient (Wildman–Crippen LogP) is 2.06. The smallest absolute Gasteiger partial charge is 0.253 e. The predicted molar refractivity (Wildman–Crippen MR) is 106 cm³/mol. The van der Waals surface area contributed by atoms with Crippen LogP contribution in [0.15, 0.2) is 48.8 Å². The van der Waals surface area contributed by atoms with Crippen LogP contribution in [0.5, 0.6) is 5.75 Å². The van der Waals surface area contributed by atoms with Crippen LogP contribution in [0.1, 0.15) is 28.8 Å². The number of benzene rings is 1. The Morgan fingerprint density at radius 3 is 2.93 bits per heavy atom. The Bertz CT molecular complexity index is 903. The maximum atomic E-state index is 12.9. The van der Waals surface area contributed by atoms with Gasteiger partial charge in [0, 0.05) is 43.2 Å². The van der Waals surface area contributed by atoms with Crippen molar-refractivity contribution in [3.05, 3.63) is 59.9 Å². The molecule has 8 heteroatoms. The number of sulfonamides is 1. The average molecular weight is 404 g/mol. The molecule has 1 aromatic carbocycles. The van der Waals surface area contributed by atoms with Gasteiger partial charge in [-0.15, -0.1) is 0 Å². The lowest BCUT2D eigenvalue weighted by molar-refractivity contribution is 0.0676. The first kappa shape index (κ1) is 20.3. The second-order valence-electron chi connectivity index (χ2n) is 7.06. The van der Waals surface area contributed by atoms with Gasteiger partial charge in [0.2, 0.25) is 10.0 Å². The summed E-state index contributed by atoms with van der Waals surface area (Å²) in [7, 11) is -3.22. The number of likely N-dealkylation sites (tertiary alicyclic amines) is 1. The molecular formula is C20H25N3O4S. The number of pyridine rings is 1. The van der Waals surface area contributed by atoms with E-state index in [4.69, 9.17) is 4.74 Å². The summed E-state index contributed by atoms with van der Waals surface area (Å²) in [6.07, 6.45) is 6.36. The van der Waals surface area contributed by atoms with E-state index in [2.05, 4.69) is 9.71 Å². The van der Waals surface area contributed by atoms with Crippen molar-refractivity contribution in [2.24, 2.45) is 5.92 Å². The Labute approximate surface area is 165 Å². The Balaban J connectivity index is 1.60. The van der Waals surface area contributed by atoms with E-state index in [1.165, 1.54) is 0 Å². The van der Waals surface area contributed by atoms with Crippen molar-refractivity contribution in [1.82, 2.24) is 14.6 Å². The summed E-state index contributed by atoms with van der Waals surface area (Å²) in [6, 6.07) is 10.9. The molecule has 28 heavy (non-hydrogen) atoms. The largest absolute Gasteiger partial charge is 0.489 e. The molecule has 3 rings (SSSR count). The molecule has 7 nitrogen and oxygen atoms in total. The maximum Gasteiger partial charge on any atom is 0.253 e. The molecule has 2 aromatic rings. The van der Waals surface area contributed by atoms with E-state index in [0.29, 0.717) is 37.6 Å². The van der Waals surface area contributed by atoms with Gasteiger partial charge < -0.3 is 9.64 Å². The molecule has 0 spiro atoms. The Kier molecular flexibility index (Phi) is 6.64. The molecule has 1 aromatic heterocycles. The molecule has 1 unspecified atom stereocenters. The van der Waals surface area contributed by atoms with Crippen LogP contribution in [0.2, 0.25) is 0 Å². The number of piperidine rings is 1. The van der Waals surface area contributed by atoms with Crippen molar-refractivity contribution in [2.75, 3.05) is 25.9 Å². The number of nitrogens with zero attached hydrogens (tertiary/aromatic N) is 2. The lowest BCUT2D eigenvalue weighted by Gasteiger charge is -2.33. The Morgan fingerprint density at radius 1 is 1.32 bits per heavy atom. The Morgan fingerprint density at radius 2 is 2.18 bits per heavy atom. The van der Waals surface area contributed by atoms with E-state index < -0.39 is 10.0 Å². The molecule has 2 heterocycles. The van der Waals surface area contributed by atoms with Gasteiger partial charge in [-0.1, -0.05) is 12.1 Å². The van der Waals surface area contributed by atoms with Gasteiger partial charge in [0.25, 0.3) is 5.91 Å². The maximum absolute atomic E-state index is 12.9. The number of rotatable bonds is 7. The Hall–Kier alpha value is -2.45. The van der Waals surface area contributed by atoms with E-state index in [-0.39, 0.29) is 11.8 Å². The van der Waals surface area contributed by atoms with Crippen LogP contribution in [0, 0.1) is 5.92 Å². The zero-order chi connectivity index (χ0) is 20.0. The SMILES string of the molecule is CS(=O)(=O)NCC1CCCN(C(=O)c2cccc(OCc3cccnc3)c2)C1. The lowest BCUT2D eigenvalue weighted by atomic mass is 9.97. The van der Waals surface area contributed by atoms with Crippen LogP contribution in [0.25, 0.3) is 0 Å². The molecule has 1 aliphatic rings. The highest BCUT2D eigenvalue weighted by molar-refractivity contribution is 7.88. The van der Waals surface area contributed by atoms with Crippen molar-refractivity contribution in [3.63, 3.8) is 0 Å². The van der Waals surface area contributed by atoms with Crippen molar-refractivity contribution in [1.29, 1.82) is 0 Å². The summed E-state index contributed by atoms with van der Waals surface area (Å²) >= 11 is 0. The summed E-state index contributed by atoms with van der Waals surface area (Å²) in [4.78, 5) is 18.7. The van der Waals surface area contributed by atoms with Gasteiger partial charge in [0.15, 0.2) is 0 Å². The third kappa shape index (κ3) is 6.03. The topological polar surface area (TPSA) is 88.6 Å². The monoisotopic (exact) mass is 403 g/mol.